The number of nitrogens with two attached hydrogens (primary N) is 3. The van der Waals surface area contributed by atoms with Crippen LogP contribution in [0.2, 0.25) is 0 Å². The molecule has 0 bridgehead atoms. The Labute approximate surface area is 238 Å². The summed E-state index contributed by atoms with van der Waals surface area (Å²) in [6.07, 6.45) is 1.80. The van der Waals surface area contributed by atoms with Crippen LogP contribution in [0.5, 0.6) is 11.5 Å². The Balaban J connectivity index is 1.44. The zero-order valence-electron chi connectivity index (χ0n) is 22.2. The number of halogens is 2. The van der Waals surface area contributed by atoms with Crippen molar-refractivity contribution in [2.75, 3.05) is 18.8 Å². The maximum atomic E-state index is 14.2. The highest BCUT2D eigenvalue weighted by Gasteiger charge is 2.49. The predicted molar refractivity (Wildman–Crippen MR) is 154 cm³/mol. The van der Waals surface area contributed by atoms with Gasteiger partial charge < -0.3 is 32.6 Å². The minimum absolute atomic E-state index is 0.0317. The second kappa shape index (κ2) is 10.2. The number of aryl methyl sites for hydroxylation is 1. The highest BCUT2D eigenvalue weighted by Crippen LogP contribution is 2.50. The highest BCUT2D eigenvalue weighted by molar-refractivity contribution is 7.21. The number of anilines is 1. The zero-order chi connectivity index (χ0) is 29.1. The second-order valence-electron chi connectivity index (χ2n) is 10.5. The van der Waals surface area contributed by atoms with Gasteiger partial charge in [-0.25, -0.2) is 8.78 Å². The van der Waals surface area contributed by atoms with Gasteiger partial charge in [0.2, 0.25) is 0 Å². The van der Waals surface area contributed by atoms with Crippen LogP contribution in [0.4, 0.5) is 14.5 Å². The topological polar surface area (TPSA) is 145 Å². The number of rotatable bonds is 5. The lowest BCUT2D eigenvalue weighted by atomic mass is 9.69. The Kier molecular flexibility index (Phi) is 6.77. The van der Waals surface area contributed by atoms with E-state index in [4.69, 9.17) is 21.9 Å². The Morgan fingerprint density at radius 1 is 1.15 bits per heavy atom. The van der Waals surface area contributed by atoms with Gasteiger partial charge in [-0.05, 0) is 73.3 Å². The van der Waals surface area contributed by atoms with E-state index in [2.05, 4.69) is 10.6 Å². The molecule has 1 aliphatic heterocycles. The molecule has 2 aliphatic rings. The number of carbonyl (C=O) groups excluding carboxylic acids is 2. The highest BCUT2D eigenvalue weighted by atomic mass is 32.1. The number of carbonyl (C=O) groups is 2. The molecule has 2 heterocycles. The van der Waals surface area contributed by atoms with Crippen LogP contribution < -0.4 is 32.6 Å². The summed E-state index contributed by atoms with van der Waals surface area (Å²) in [6.45, 7) is 3.30. The van der Waals surface area contributed by atoms with Gasteiger partial charge in [0.1, 0.15) is 11.3 Å². The fraction of sp³-hybridized carbons (Fsp3) is 0.267. The first kappa shape index (κ1) is 27.3. The number of thiophene rings is 1. The average Bonchev–Trinajstić information content (AvgIpc) is 3.36. The molecule has 4 aromatic rings. The fourth-order valence-corrected chi connectivity index (χ4v) is 7.10. The maximum absolute atomic E-state index is 14.2. The van der Waals surface area contributed by atoms with Gasteiger partial charge in [-0.2, -0.15) is 0 Å². The van der Waals surface area contributed by atoms with Crippen LogP contribution in [0, 0.1) is 18.6 Å². The summed E-state index contributed by atoms with van der Waals surface area (Å²) in [5.41, 5.74) is 20.6. The number of para-hydroxylation sites is 1. The Hall–Kier alpha value is -3.90. The largest absolute Gasteiger partial charge is 0.451 e. The lowest BCUT2D eigenvalue weighted by molar-refractivity contribution is -0.124. The van der Waals surface area contributed by atoms with Crippen molar-refractivity contribution in [3.63, 3.8) is 0 Å². The number of hydrogen-bond acceptors (Lipinski definition) is 8. The first-order chi connectivity index (χ1) is 19.6. The summed E-state index contributed by atoms with van der Waals surface area (Å²) in [7, 11) is 0. The Morgan fingerprint density at radius 2 is 1.88 bits per heavy atom. The van der Waals surface area contributed by atoms with E-state index in [1.54, 1.807) is 31.2 Å². The molecule has 1 fully saturated rings. The monoisotopic (exact) mass is 577 g/mol. The van der Waals surface area contributed by atoms with E-state index in [9.17, 15) is 18.4 Å². The molecule has 0 saturated carbocycles. The van der Waals surface area contributed by atoms with Gasteiger partial charge in [0.15, 0.2) is 23.2 Å². The van der Waals surface area contributed by atoms with Crippen LogP contribution in [0.1, 0.15) is 50.8 Å². The predicted octanol–water partition coefficient (Wildman–Crippen LogP) is 4.13. The first-order valence-electron chi connectivity index (χ1n) is 13.3. The van der Waals surface area contributed by atoms with Crippen LogP contribution in [0.25, 0.3) is 10.1 Å². The van der Waals surface area contributed by atoms with Crippen molar-refractivity contribution < 1.29 is 23.1 Å². The van der Waals surface area contributed by atoms with E-state index in [-0.39, 0.29) is 17.7 Å². The van der Waals surface area contributed by atoms with Gasteiger partial charge in [-0.15, -0.1) is 11.3 Å². The number of nitrogens with one attached hydrogen (secondary N) is 2. The Bertz CT molecular complexity index is 1700. The van der Waals surface area contributed by atoms with E-state index < -0.39 is 34.7 Å². The smallest absolute Gasteiger partial charge is 0.262 e. The van der Waals surface area contributed by atoms with Gasteiger partial charge in [0.05, 0.1) is 15.6 Å². The molecular weight excluding hydrogens is 548 g/mol. The van der Waals surface area contributed by atoms with Crippen molar-refractivity contribution in [1.82, 2.24) is 10.6 Å². The molecule has 11 heteroatoms. The van der Waals surface area contributed by atoms with Crippen molar-refractivity contribution in [2.24, 2.45) is 11.5 Å². The summed E-state index contributed by atoms with van der Waals surface area (Å²) in [5, 5.41) is 6.95. The summed E-state index contributed by atoms with van der Waals surface area (Å²) < 4.78 is 34.5. The van der Waals surface area contributed by atoms with Crippen LogP contribution in [0.3, 0.4) is 0 Å². The lowest BCUT2D eigenvalue weighted by Gasteiger charge is -2.37. The number of piperidine rings is 1. The molecule has 41 heavy (non-hydrogen) atoms. The average molecular weight is 578 g/mol. The van der Waals surface area contributed by atoms with Crippen LogP contribution >= 0.6 is 11.3 Å². The Morgan fingerprint density at radius 3 is 2.56 bits per heavy atom. The van der Waals surface area contributed by atoms with Crippen molar-refractivity contribution in [1.29, 1.82) is 0 Å². The molecule has 212 valence electrons. The summed E-state index contributed by atoms with van der Waals surface area (Å²) in [5.74, 6) is -2.84. The number of Topliss-reactive ketones (excluding diaryl/α,β-unsaturated/α-hetero) is 1. The van der Waals surface area contributed by atoms with E-state index in [1.807, 2.05) is 0 Å². The minimum atomic E-state index is -1.67. The molecule has 1 aromatic heterocycles. The standard InChI is InChI=1S/C30H29F2N5O3S/c1-14-12-16(40-25-19(31)5-2-6-20(25)32)7-8-17(14)30(35)18-9-10-21(33)26-22(18)23(24(34)28(30)38)27(41-26)29(39)37-15-4-3-11-36-13-15/h2,5-10,12,15,24,36H,3-4,11,13,33-35H2,1H3,(H,37,39). The number of nitrogen functional groups attached to an aromatic ring is 1. The zero-order valence-corrected chi connectivity index (χ0v) is 23.0. The van der Waals surface area contributed by atoms with Crippen LogP contribution in [-0.4, -0.2) is 30.8 Å². The third-order valence-electron chi connectivity index (χ3n) is 7.91. The van der Waals surface area contributed by atoms with Gasteiger partial charge in [0.25, 0.3) is 5.91 Å². The molecule has 8 nitrogen and oxygen atoms in total. The van der Waals surface area contributed by atoms with Gasteiger partial charge in [0, 0.05) is 29.2 Å². The van der Waals surface area contributed by atoms with E-state index >= 15 is 0 Å². The van der Waals surface area contributed by atoms with Gasteiger partial charge in [-0.3, -0.25) is 9.59 Å². The normalized spacial score (nSPS) is 22.1. The molecule has 1 saturated heterocycles. The molecular formula is C30H29F2N5O3S. The van der Waals surface area contributed by atoms with E-state index in [0.717, 1.165) is 31.5 Å². The summed E-state index contributed by atoms with van der Waals surface area (Å²) in [4.78, 5) is 27.9. The van der Waals surface area contributed by atoms with E-state index in [1.165, 1.54) is 23.5 Å². The SMILES string of the molecule is Cc1cc(Oc2c(F)cccc2F)ccc1C1(N)C(=O)C(N)c2c(C(=O)NC3CCCNC3)sc3c(N)ccc1c23. The number of benzene rings is 3. The van der Waals surface area contributed by atoms with E-state index in [0.29, 0.717) is 49.4 Å². The number of ketones is 1. The van der Waals surface area contributed by atoms with Gasteiger partial charge in [-0.1, -0.05) is 18.2 Å². The summed E-state index contributed by atoms with van der Waals surface area (Å²) >= 11 is 1.20. The lowest BCUT2D eigenvalue weighted by Crippen LogP contribution is -2.53. The van der Waals surface area contributed by atoms with Crippen LogP contribution in [-0.2, 0) is 10.3 Å². The minimum Gasteiger partial charge on any atom is -0.451 e. The molecule has 0 radical (unpaired) electrons. The van der Waals surface area contributed by atoms with Crippen LogP contribution in [0.15, 0.2) is 48.5 Å². The van der Waals surface area contributed by atoms with Gasteiger partial charge >= 0.3 is 0 Å². The van der Waals surface area contributed by atoms with Crippen molar-refractivity contribution in [3.8, 4) is 11.5 Å². The quantitative estimate of drug-likeness (QED) is 0.224. The maximum Gasteiger partial charge on any atom is 0.262 e. The van der Waals surface area contributed by atoms with Crippen molar-refractivity contribution >= 4 is 38.8 Å². The third-order valence-corrected chi connectivity index (χ3v) is 9.17. The molecule has 3 aromatic carbocycles. The second-order valence-corrected chi connectivity index (χ2v) is 11.6. The molecule has 0 spiro atoms. The molecule has 6 rings (SSSR count). The summed E-state index contributed by atoms with van der Waals surface area (Å²) in [6, 6.07) is 10.2. The molecule has 1 amide bonds. The molecule has 3 unspecified atom stereocenters. The number of ether oxygens (including phenoxy) is 1. The molecule has 8 N–H and O–H groups in total. The van der Waals surface area contributed by atoms with Crippen molar-refractivity contribution in [3.05, 3.63) is 87.3 Å². The molecule has 1 aliphatic carbocycles. The fourth-order valence-electron chi connectivity index (χ4n) is 5.89. The number of amides is 1. The third kappa shape index (κ3) is 4.36. The van der Waals surface area contributed by atoms with Crippen molar-refractivity contribution in [2.45, 2.75) is 37.4 Å². The first-order valence-corrected chi connectivity index (χ1v) is 14.1. The number of hydrogen-bond donors (Lipinski definition) is 5. The molecule has 3 atom stereocenters.